The topological polar surface area (TPSA) is 50.4 Å². The first-order valence-electron chi connectivity index (χ1n) is 6.79. The van der Waals surface area contributed by atoms with Gasteiger partial charge >= 0.3 is 0 Å². The predicted molar refractivity (Wildman–Crippen MR) is 76.2 cm³/mol. The normalized spacial score (nSPS) is 19.4. The Morgan fingerprint density at radius 1 is 1.44 bits per heavy atom. The molecule has 2 N–H and O–H groups in total. The first-order chi connectivity index (χ1) is 8.20. The SMILES string of the molecule is CC(C)COCCCNC(=O)C1CCCCN1.Cl. The average molecular weight is 279 g/mol. The molecule has 4 nitrogen and oxygen atoms in total. The first kappa shape index (κ1) is 17.7. The molecule has 0 aromatic carbocycles. The zero-order chi connectivity index (χ0) is 12.5. The minimum Gasteiger partial charge on any atom is -0.381 e. The van der Waals surface area contributed by atoms with Crippen LogP contribution in [0.25, 0.3) is 0 Å². The van der Waals surface area contributed by atoms with Gasteiger partial charge in [0.05, 0.1) is 6.04 Å². The minimum atomic E-state index is 0. The van der Waals surface area contributed by atoms with Crippen molar-refractivity contribution in [3.8, 4) is 0 Å². The van der Waals surface area contributed by atoms with Crippen LogP contribution in [-0.2, 0) is 9.53 Å². The van der Waals surface area contributed by atoms with Crippen LogP contribution >= 0.6 is 12.4 Å². The summed E-state index contributed by atoms with van der Waals surface area (Å²) < 4.78 is 5.46. The molecule has 108 valence electrons. The molecule has 0 saturated carbocycles. The van der Waals surface area contributed by atoms with Crippen LogP contribution in [0.4, 0.5) is 0 Å². The highest BCUT2D eigenvalue weighted by Crippen LogP contribution is 2.06. The van der Waals surface area contributed by atoms with Gasteiger partial charge in [0.1, 0.15) is 0 Å². The van der Waals surface area contributed by atoms with Crippen molar-refractivity contribution >= 4 is 18.3 Å². The van der Waals surface area contributed by atoms with Gasteiger partial charge in [0.25, 0.3) is 0 Å². The second-order valence-corrected chi connectivity index (χ2v) is 5.12. The van der Waals surface area contributed by atoms with Gasteiger partial charge in [-0.2, -0.15) is 0 Å². The molecule has 0 spiro atoms. The molecular formula is C13H27ClN2O2. The Balaban J connectivity index is 0.00000289. The van der Waals surface area contributed by atoms with Crippen molar-refractivity contribution in [1.29, 1.82) is 0 Å². The minimum absolute atomic E-state index is 0. The predicted octanol–water partition coefficient (Wildman–Crippen LogP) is 1.73. The molecule has 1 saturated heterocycles. The molecular weight excluding hydrogens is 252 g/mol. The van der Waals surface area contributed by atoms with Crippen molar-refractivity contribution in [1.82, 2.24) is 10.6 Å². The van der Waals surface area contributed by atoms with Crippen LogP contribution in [-0.4, -0.2) is 38.3 Å². The van der Waals surface area contributed by atoms with E-state index in [-0.39, 0.29) is 24.4 Å². The number of ether oxygens (including phenoxy) is 1. The fourth-order valence-electron chi connectivity index (χ4n) is 1.90. The van der Waals surface area contributed by atoms with Gasteiger partial charge in [-0.1, -0.05) is 20.3 Å². The Kier molecular flexibility index (Phi) is 10.4. The number of rotatable bonds is 7. The van der Waals surface area contributed by atoms with Crippen molar-refractivity contribution in [2.75, 3.05) is 26.3 Å². The summed E-state index contributed by atoms with van der Waals surface area (Å²) in [6, 6.07) is 0.0281. The Hall–Kier alpha value is -0.320. The standard InChI is InChI=1S/C13H26N2O2.ClH/c1-11(2)10-17-9-5-8-15-13(16)12-6-3-4-7-14-12;/h11-12,14H,3-10H2,1-2H3,(H,15,16);1H. The number of hydrogen-bond acceptors (Lipinski definition) is 3. The van der Waals surface area contributed by atoms with E-state index in [2.05, 4.69) is 24.5 Å². The molecule has 0 aromatic rings. The Morgan fingerprint density at radius 3 is 2.83 bits per heavy atom. The molecule has 1 amide bonds. The Bertz CT molecular complexity index is 219. The maximum absolute atomic E-state index is 11.7. The lowest BCUT2D eigenvalue weighted by molar-refractivity contribution is -0.123. The van der Waals surface area contributed by atoms with Crippen LogP contribution in [0.3, 0.4) is 0 Å². The van der Waals surface area contributed by atoms with Gasteiger partial charge in [0.15, 0.2) is 0 Å². The molecule has 1 aliphatic rings. The van der Waals surface area contributed by atoms with Crippen LogP contribution in [0.2, 0.25) is 0 Å². The van der Waals surface area contributed by atoms with Crippen molar-refractivity contribution in [2.45, 2.75) is 45.6 Å². The van der Waals surface area contributed by atoms with Gasteiger partial charge < -0.3 is 15.4 Å². The van der Waals surface area contributed by atoms with E-state index in [9.17, 15) is 4.79 Å². The maximum atomic E-state index is 11.7. The second-order valence-electron chi connectivity index (χ2n) is 5.12. The summed E-state index contributed by atoms with van der Waals surface area (Å²) in [7, 11) is 0. The third-order valence-corrected chi connectivity index (χ3v) is 2.84. The maximum Gasteiger partial charge on any atom is 0.237 e. The highest BCUT2D eigenvalue weighted by molar-refractivity contribution is 5.85. The number of amides is 1. The molecule has 0 aromatic heterocycles. The van der Waals surface area contributed by atoms with E-state index in [1.54, 1.807) is 0 Å². The third-order valence-electron chi connectivity index (χ3n) is 2.84. The number of hydrogen-bond donors (Lipinski definition) is 2. The molecule has 1 unspecified atom stereocenters. The van der Waals surface area contributed by atoms with E-state index in [1.165, 1.54) is 6.42 Å². The number of carbonyl (C=O) groups is 1. The highest BCUT2D eigenvalue weighted by atomic mass is 35.5. The zero-order valence-electron chi connectivity index (χ0n) is 11.5. The summed E-state index contributed by atoms with van der Waals surface area (Å²) in [4.78, 5) is 11.7. The van der Waals surface area contributed by atoms with E-state index in [0.717, 1.165) is 45.6 Å². The average Bonchev–Trinajstić information content (AvgIpc) is 2.34. The van der Waals surface area contributed by atoms with Gasteiger partial charge in [-0.3, -0.25) is 4.79 Å². The van der Waals surface area contributed by atoms with E-state index >= 15 is 0 Å². The largest absolute Gasteiger partial charge is 0.381 e. The fourth-order valence-corrected chi connectivity index (χ4v) is 1.90. The zero-order valence-corrected chi connectivity index (χ0v) is 12.4. The summed E-state index contributed by atoms with van der Waals surface area (Å²) in [6.07, 6.45) is 4.20. The van der Waals surface area contributed by atoms with Crippen LogP contribution in [0, 0.1) is 5.92 Å². The molecule has 1 heterocycles. The molecule has 5 heteroatoms. The second kappa shape index (κ2) is 10.6. The first-order valence-corrected chi connectivity index (χ1v) is 6.79. The molecule has 0 aliphatic carbocycles. The van der Waals surface area contributed by atoms with Crippen molar-refractivity contribution in [3.63, 3.8) is 0 Å². The summed E-state index contributed by atoms with van der Waals surface area (Å²) in [5.41, 5.74) is 0. The van der Waals surface area contributed by atoms with E-state index in [4.69, 9.17) is 4.74 Å². The van der Waals surface area contributed by atoms with Crippen LogP contribution < -0.4 is 10.6 Å². The Morgan fingerprint density at radius 2 is 2.22 bits per heavy atom. The molecule has 1 rings (SSSR count). The smallest absolute Gasteiger partial charge is 0.237 e. The van der Waals surface area contributed by atoms with Gasteiger partial charge in [-0.05, 0) is 31.7 Å². The van der Waals surface area contributed by atoms with E-state index < -0.39 is 0 Å². The third kappa shape index (κ3) is 7.90. The van der Waals surface area contributed by atoms with Crippen LogP contribution in [0.1, 0.15) is 39.5 Å². The van der Waals surface area contributed by atoms with Gasteiger partial charge in [-0.25, -0.2) is 0 Å². The summed E-state index contributed by atoms with van der Waals surface area (Å²) in [5, 5.41) is 6.20. The summed E-state index contributed by atoms with van der Waals surface area (Å²) in [6.45, 7) is 7.49. The van der Waals surface area contributed by atoms with Crippen LogP contribution in [0.15, 0.2) is 0 Å². The summed E-state index contributed by atoms with van der Waals surface area (Å²) in [5.74, 6) is 0.726. The number of nitrogens with one attached hydrogen (secondary N) is 2. The summed E-state index contributed by atoms with van der Waals surface area (Å²) >= 11 is 0. The quantitative estimate of drug-likeness (QED) is 0.698. The van der Waals surface area contributed by atoms with E-state index in [0.29, 0.717) is 5.92 Å². The number of carbonyl (C=O) groups excluding carboxylic acids is 1. The van der Waals surface area contributed by atoms with Gasteiger partial charge in [-0.15, -0.1) is 12.4 Å². The molecule has 18 heavy (non-hydrogen) atoms. The van der Waals surface area contributed by atoms with Crippen molar-refractivity contribution < 1.29 is 9.53 Å². The fraction of sp³-hybridized carbons (Fsp3) is 0.923. The highest BCUT2D eigenvalue weighted by Gasteiger charge is 2.19. The van der Waals surface area contributed by atoms with Crippen molar-refractivity contribution in [3.05, 3.63) is 0 Å². The number of halogens is 1. The molecule has 0 bridgehead atoms. The van der Waals surface area contributed by atoms with Crippen molar-refractivity contribution in [2.24, 2.45) is 5.92 Å². The molecule has 1 aliphatic heterocycles. The lowest BCUT2D eigenvalue weighted by Crippen LogP contribution is -2.46. The lowest BCUT2D eigenvalue weighted by Gasteiger charge is -2.22. The monoisotopic (exact) mass is 278 g/mol. The Labute approximate surface area is 117 Å². The van der Waals surface area contributed by atoms with Crippen LogP contribution in [0.5, 0.6) is 0 Å². The lowest BCUT2D eigenvalue weighted by atomic mass is 10.0. The molecule has 1 atom stereocenters. The number of piperidine rings is 1. The van der Waals surface area contributed by atoms with E-state index in [1.807, 2.05) is 0 Å². The van der Waals surface area contributed by atoms with Gasteiger partial charge in [0, 0.05) is 19.8 Å². The molecule has 1 fully saturated rings. The molecule has 0 radical (unpaired) electrons. The van der Waals surface area contributed by atoms with Gasteiger partial charge in [0.2, 0.25) is 5.91 Å².